The molecule has 0 spiro atoms. The first-order valence-electron chi connectivity index (χ1n) is 3.16. The Morgan fingerprint density at radius 2 is 2.56 bits per heavy atom. The molecule has 0 unspecified atom stereocenters. The number of ether oxygens (including phenoxy) is 1. The summed E-state index contributed by atoms with van der Waals surface area (Å²) >= 11 is 0. The van der Waals surface area contributed by atoms with Gasteiger partial charge in [-0.15, -0.1) is 0 Å². The van der Waals surface area contributed by atoms with Crippen LogP contribution in [0.5, 0.6) is 0 Å². The molecule has 1 aliphatic heterocycles. The summed E-state index contributed by atoms with van der Waals surface area (Å²) in [5.41, 5.74) is 0. The summed E-state index contributed by atoms with van der Waals surface area (Å²) < 4.78 is 4.78. The van der Waals surface area contributed by atoms with Crippen molar-refractivity contribution in [2.75, 3.05) is 6.61 Å². The minimum absolute atomic E-state index is 0.0681. The number of nitrogens with one attached hydrogen (secondary N) is 1. The first-order valence-corrected chi connectivity index (χ1v) is 3.16. The summed E-state index contributed by atoms with van der Waals surface area (Å²) in [6, 6.07) is 0.377. The molecule has 9 heavy (non-hydrogen) atoms. The van der Waals surface area contributed by atoms with Gasteiger partial charge in [0.2, 0.25) is 0 Å². The van der Waals surface area contributed by atoms with Gasteiger partial charge >= 0.3 is 5.97 Å². The van der Waals surface area contributed by atoms with Crippen LogP contribution in [0, 0.1) is 0 Å². The highest BCUT2D eigenvalue weighted by atomic mass is 16.5. The van der Waals surface area contributed by atoms with Gasteiger partial charge in [-0.1, -0.05) is 0 Å². The van der Waals surface area contributed by atoms with Crippen LogP contribution in [0.4, 0.5) is 0 Å². The number of carbonyl (C=O) groups is 1. The molecule has 4 heteroatoms. The Bertz CT molecular complexity index is 108. The van der Waals surface area contributed by atoms with E-state index < -0.39 is 0 Å². The summed E-state index contributed by atoms with van der Waals surface area (Å²) in [6.07, 6.45) is 1.47. The van der Waals surface area contributed by atoms with E-state index in [2.05, 4.69) is 5.23 Å². The Hall–Kier alpha value is -0.505. The third kappa shape index (κ3) is 1.71. The molecule has 0 saturated carbocycles. The fourth-order valence-electron chi connectivity index (χ4n) is 0.869. The SMILES string of the molecule is BN[C@H]1CCC(=O)OC1. The molecule has 0 aromatic carbocycles. The van der Waals surface area contributed by atoms with Gasteiger partial charge < -0.3 is 9.96 Å². The minimum Gasteiger partial charge on any atom is -0.464 e. The van der Waals surface area contributed by atoms with Gasteiger partial charge in [-0.3, -0.25) is 4.79 Å². The molecule has 0 aromatic heterocycles. The maximum absolute atomic E-state index is 10.5. The van der Waals surface area contributed by atoms with Crippen LogP contribution in [0.2, 0.25) is 0 Å². The lowest BCUT2D eigenvalue weighted by atomic mass is 10.1. The molecule has 0 aromatic rings. The topological polar surface area (TPSA) is 38.3 Å². The number of hydrogen-bond donors (Lipinski definition) is 1. The zero-order valence-electron chi connectivity index (χ0n) is 5.52. The summed E-state index contributed by atoms with van der Waals surface area (Å²) in [7, 11) is 1.88. The Morgan fingerprint density at radius 3 is 3.00 bits per heavy atom. The fraction of sp³-hybridized carbons (Fsp3) is 0.800. The maximum Gasteiger partial charge on any atom is 0.305 e. The zero-order chi connectivity index (χ0) is 6.69. The van der Waals surface area contributed by atoms with Gasteiger partial charge in [-0.05, 0) is 6.42 Å². The molecule has 0 bridgehead atoms. The molecule has 1 fully saturated rings. The van der Waals surface area contributed by atoms with E-state index in [1.165, 1.54) is 0 Å². The standard InChI is InChI=1S/C5H10BNO2/c6-7-4-1-2-5(8)9-3-4/h4,7H,1-3,6H2/t4-/m0/s1. The van der Waals surface area contributed by atoms with Gasteiger partial charge in [0.05, 0.1) is 0 Å². The molecule has 1 N–H and O–H groups in total. The average Bonchev–Trinajstić information content (AvgIpc) is 1.90. The highest BCUT2D eigenvalue weighted by Gasteiger charge is 2.16. The van der Waals surface area contributed by atoms with Crippen molar-refractivity contribution in [3.05, 3.63) is 0 Å². The van der Waals surface area contributed by atoms with Gasteiger partial charge in [0, 0.05) is 12.5 Å². The monoisotopic (exact) mass is 127 g/mol. The van der Waals surface area contributed by atoms with Crippen LogP contribution in [-0.4, -0.2) is 26.6 Å². The van der Waals surface area contributed by atoms with Gasteiger partial charge in [-0.2, -0.15) is 0 Å². The van der Waals surface area contributed by atoms with Crippen LogP contribution in [0.3, 0.4) is 0 Å². The van der Waals surface area contributed by atoms with Crippen molar-refractivity contribution in [2.24, 2.45) is 0 Å². The highest BCUT2D eigenvalue weighted by Crippen LogP contribution is 2.05. The van der Waals surface area contributed by atoms with Crippen LogP contribution in [-0.2, 0) is 9.53 Å². The van der Waals surface area contributed by atoms with Gasteiger partial charge in [0.25, 0.3) is 0 Å². The van der Waals surface area contributed by atoms with Crippen molar-refractivity contribution >= 4 is 14.0 Å². The largest absolute Gasteiger partial charge is 0.464 e. The predicted octanol–water partition coefficient (Wildman–Crippen LogP) is -1.17. The van der Waals surface area contributed by atoms with Crippen LogP contribution < -0.4 is 5.23 Å². The molecule has 50 valence electrons. The molecule has 1 atom stereocenters. The molecule has 1 heterocycles. The van der Waals surface area contributed by atoms with E-state index >= 15 is 0 Å². The zero-order valence-corrected chi connectivity index (χ0v) is 5.52. The van der Waals surface area contributed by atoms with Gasteiger partial charge in [0.1, 0.15) is 6.61 Å². The maximum atomic E-state index is 10.5. The normalized spacial score (nSPS) is 27.6. The number of cyclic esters (lactones) is 1. The Labute approximate surface area is 55.2 Å². The third-order valence-electron chi connectivity index (χ3n) is 1.55. The lowest BCUT2D eigenvalue weighted by Gasteiger charge is -2.20. The molecule has 0 aliphatic carbocycles. The Morgan fingerprint density at radius 1 is 1.78 bits per heavy atom. The number of hydrogen-bond acceptors (Lipinski definition) is 3. The lowest BCUT2D eigenvalue weighted by Crippen LogP contribution is -2.36. The molecule has 1 rings (SSSR count). The third-order valence-corrected chi connectivity index (χ3v) is 1.55. The first-order chi connectivity index (χ1) is 4.33. The van der Waals surface area contributed by atoms with E-state index in [1.807, 2.05) is 7.98 Å². The Kier molecular flexibility index (Phi) is 2.11. The second-order valence-electron chi connectivity index (χ2n) is 2.21. The summed E-state index contributed by atoms with van der Waals surface area (Å²) in [5.74, 6) is -0.0681. The Balaban J connectivity index is 2.26. The van der Waals surface area contributed by atoms with Crippen molar-refractivity contribution in [1.82, 2.24) is 5.23 Å². The van der Waals surface area contributed by atoms with Crippen LogP contribution in [0.1, 0.15) is 12.8 Å². The highest BCUT2D eigenvalue weighted by molar-refractivity contribution is 6.04. The van der Waals surface area contributed by atoms with Crippen LogP contribution in [0.25, 0.3) is 0 Å². The van der Waals surface area contributed by atoms with E-state index in [4.69, 9.17) is 4.74 Å². The van der Waals surface area contributed by atoms with Crippen molar-refractivity contribution in [3.63, 3.8) is 0 Å². The lowest BCUT2D eigenvalue weighted by molar-refractivity contribution is -0.147. The van der Waals surface area contributed by atoms with Gasteiger partial charge in [0.15, 0.2) is 7.98 Å². The predicted molar refractivity (Wildman–Crippen MR) is 35.7 cm³/mol. The first kappa shape index (κ1) is 6.61. The van der Waals surface area contributed by atoms with E-state index in [-0.39, 0.29) is 5.97 Å². The molecule has 0 amide bonds. The number of carbonyl (C=O) groups excluding carboxylic acids is 1. The van der Waals surface area contributed by atoms with Crippen molar-refractivity contribution in [1.29, 1.82) is 0 Å². The van der Waals surface area contributed by atoms with Crippen LogP contribution >= 0.6 is 0 Å². The van der Waals surface area contributed by atoms with E-state index in [9.17, 15) is 4.79 Å². The molecular weight excluding hydrogens is 117 g/mol. The second-order valence-corrected chi connectivity index (χ2v) is 2.21. The quantitative estimate of drug-likeness (QED) is 0.356. The molecule has 1 aliphatic rings. The second kappa shape index (κ2) is 2.87. The molecule has 3 nitrogen and oxygen atoms in total. The van der Waals surface area contributed by atoms with Crippen molar-refractivity contribution < 1.29 is 9.53 Å². The molecular formula is C5H10BNO2. The fourth-order valence-corrected chi connectivity index (χ4v) is 0.869. The molecule has 0 radical (unpaired) electrons. The van der Waals surface area contributed by atoms with E-state index in [0.717, 1.165) is 6.42 Å². The van der Waals surface area contributed by atoms with E-state index in [1.54, 1.807) is 0 Å². The number of rotatable bonds is 1. The summed E-state index contributed by atoms with van der Waals surface area (Å²) in [5, 5.41) is 3.05. The number of esters is 1. The average molecular weight is 127 g/mol. The summed E-state index contributed by atoms with van der Waals surface area (Å²) in [4.78, 5) is 10.5. The summed E-state index contributed by atoms with van der Waals surface area (Å²) in [6.45, 7) is 0.537. The van der Waals surface area contributed by atoms with Crippen molar-refractivity contribution in [2.45, 2.75) is 18.9 Å². The van der Waals surface area contributed by atoms with Gasteiger partial charge in [-0.25, -0.2) is 0 Å². The minimum atomic E-state index is -0.0681. The van der Waals surface area contributed by atoms with Crippen LogP contribution in [0.15, 0.2) is 0 Å². The van der Waals surface area contributed by atoms with E-state index in [0.29, 0.717) is 19.1 Å². The smallest absolute Gasteiger partial charge is 0.305 e. The molecule has 1 saturated heterocycles. The van der Waals surface area contributed by atoms with Crippen molar-refractivity contribution in [3.8, 4) is 0 Å².